The summed E-state index contributed by atoms with van der Waals surface area (Å²) in [6, 6.07) is 1.45. The molecule has 1 aromatic rings. The average Bonchev–Trinajstić information content (AvgIpc) is 2.33. The highest BCUT2D eigenvalue weighted by Crippen LogP contribution is 2.40. The lowest BCUT2D eigenvalue weighted by Crippen LogP contribution is -2.23. The van der Waals surface area contributed by atoms with Crippen molar-refractivity contribution in [3.8, 4) is 11.5 Å². The van der Waals surface area contributed by atoms with Crippen molar-refractivity contribution >= 4 is 21.9 Å². The van der Waals surface area contributed by atoms with Crippen LogP contribution in [0.3, 0.4) is 0 Å². The number of carboxylic acid groups (broad SMARTS) is 1. The number of benzene rings is 1. The molecule has 0 fully saturated rings. The van der Waals surface area contributed by atoms with Gasteiger partial charge in [0.1, 0.15) is 0 Å². The van der Waals surface area contributed by atoms with E-state index in [9.17, 15) is 9.18 Å². The molecule has 0 amide bonds. The zero-order valence-electron chi connectivity index (χ0n) is 9.87. The molecule has 1 aromatic carbocycles. The molecule has 1 rings (SSSR count). The Morgan fingerprint density at radius 3 is 2.56 bits per heavy atom. The first-order valence-corrected chi connectivity index (χ1v) is 5.79. The molecule has 7 heteroatoms. The van der Waals surface area contributed by atoms with E-state index in [0.717, 1.165) is 0 Å². The van der Waals surface area contributed by atoms with Crippen LogP contribution >= 0.6 is 15.9 Å². The van der Waals surface area contributed by atoms with Crippen LogP contribution in [0.25, 0.3) is 0 Å². The molecule has 0 aliphatic heterocycles. The van der Waals surface area contributed by atoms with Gasteiger partial charge in [-0.25, -0.2) is 4.39 Å². The van der Waals surface area contributed by atoms with E-state index in [1.54, 1.807) is 0 Å². The third-order valence-corrected chi connectivity index (χ3v) is 3.14. The van der Waals surface area contributed by atoms with Gasteiger partial charge in [-0.1, -0.05) is 15.9 Å². The Balaban J connectivity index is 3.49. The molecule has 3 N–H and O–H groups in total. The van der Waals surface area contributed by atoms with Crippen LogP contribution in [-0.4, -0.2) is 31.8 Å². The highest BCUT2D eigenvalue weighted by Gasteiger charge is 2.28. The van der Waals surface area contributed by atoms with Crippen LogP contribution < -0.4 is 15.2 Å². The van der Waals surface area contributed by atoms with Gasteiger partial charge >= 0.3 is 5.97 Å². The number of aliphatic carboxylic acids is 1. The molecule has 0 aliphatic carbocycles. The van der Waals surface area contributed by atoms with Crippen molar-refractivity contribution in [1.29, 1.82) is 0 Å². The highest BCUT2D eigenvalue weighted by atomic mass is 79.9. The largest absolute Gasteiger partial charge is 0.493 e. The summed E-state index contributed by atoms with van der Waals surface area (Å²) in [6.07, 6.45) is 0. The molecule has 0 radical (unpaired) electrons. The minimum Gasteiger partial charge on any atom is -0.493 e. The number of carboxylic acids is 1. The molecule has 0 saturated heterocycles. The zero-order chi connectivity index (χ0) is 13.9. The predicted octanol–water partition coefficient (Wildman–Crippen LogP) is 1.73. The molecular weight excluding hydrogens is 309 g/mol. The van der Waals surface area contributed by atoms with Gasteiger partial charge in [-0.3, -0.25) is 4.79 Å². The lowest BCUT2D eigenvalue weighted by molar-refractivity contribution is -0.138. The minimum atomic E-state index is -1.20. The molecule has 1 atom stereocenters. The Hall–Kier alpha value is -1.34. The van der Waals surface area contributed by atoms with Crippen LogP contribution in [-0.2, 0) is 4.79 Å². The molecule has 0 saturated carbocycles. The third kappa shape index (κ3) is 2.56. The first-order chi connectivity index (χ1) is 8.47. The van der Waals surface area contributed by atoms with Crippen LogP contribution in [0.5, 0.6) is 11.5 Å². The van der Waals surface area contributed by atoms with Gasteiger partial charge in [-0.05, 0) is 6.07 Å². The maximum atomic E-state index is 14.2. The number of rotatable bonds is 5. The lowest BCUT2D eigenvalue weighted by Gasteiger charge is -2.17. The molecule has 18 heavy (non-hydrogen) atoms. The van der Waals surface area contributed by atoms with Crippen LogP contribution in [0.1, 0.15) is 11.5 Å². The van der Waals surface area contributed by atoms with Crippen LogP contribution in [0.2, 0.25) is 0 Å². The minimum absolute atomic E-state index is 0.0531. The summed E-state index contributed by atoms with van der Waals surface area (Å²) in [5.74, 6) is -3.12. The number of methoxy groups -OCH3 is 2. The summed E-state index contributed by atoms with van der Waals surface area (Å²) >= 11 is 3.12. The molecule has 0 heterocycles. The molecule has 0 aliphatic rings. The van der Waals surface area contributed by atoms with E-state index in [-0.39, 0.29) is 28.1 Å². The molecule has 0 bridgehead atoms. The van der Waals surface area contributed by atoms with Crippen molar-refractivity contribution in [2.45, 2.75) is 5.92 Å². The smallest absolute Gasteiger partial charge is 0.312 e. The number of nitrogens with two attached hydrogens (primary N) is 1. The van der Waals surface area contributed by atoms with E-state index in [0.29, 0.717) is 0 Å². The molecule has 0 spiro atoms. The molecule has 0 aromatic heterocycles. The molecule has 100 valence electrons. The summed E-state index contributed by atoms with van der Waals surface area (Å²) in [4.78, 5) is 11.0. The monoisotopic (exact) mass is 321 g/mol. The number of halogens is 2. The van der Waals surface area contributed by atoms with Gasteiger partial charge in [-0.2, -0.15) is 0 Å². The average molecular weight is 322 g/mol. The first-order valence-electron chi connectivity index (χ1n) is 5.00. The fourth-order valence-electron chi connectivity index (χ4n) is 1.60. The second kappa shape index (κ2) is 6.01. The number of ether oxygens (including phenoxy) is 2. The van der Waals surface area contributed by atoms with E-state index in [4.69, 9.17) is 20.3 Å². The van der Waals surface area contributed by atoms with E-state index in [2.05, 4.69) is 15.9 Å². The zero-order valence-corrected chi connectivity index (χ0v) is 11.5. The van der Waals surface area contributed by atoms with E-state index in [1.807, 2.05) is 0 Å². The fourth-order valence-corrected chi connectivity index (χ4v) is 2.26. The van der Waals surface area contributed by atoms with Gasteiger partial charge in [0.25, 0.3) is 0 Å². The van der Waals surface area contributed by atoms with Gasteiger partial charge in [-0.15, -0.1) is 0 Å². The summed E-state index contributed by atoms with van der Waals surface area (Å²) in [5, 5.41) is 9.03. The Morgan fingerprint density at radius 2 is 2.17 bits per heavy atom. The van der Waals surface area contributed by atoms with Crippen molar-refractivity contribution in [2.75, 3.05) is 20.8 Å². The second-order valence-corrected chi connectivity index (χ2v) is 4.30. The summed E-state index contributed by atoms with van der Waals surface area (Å²) < 4.78 is 24.3. The normalized spacial score (nSPS) is 12.1. The quantitative estimate of drug-likeness (QED) is 0.863. The van der Waals surface area contributed by atoms with Gasteiger partial charge in [0.2, 0.25) is 0 Å². The number of hydrogen-bond donors (Lipinski definition) is 2. The van der Waals surface area contributed by atoms with Gasteiger partial charge in [0.15, 0.2) is 17.3 Å². The predicted molar refractivity (Wildman–Crippen MR) is 66.6 cm³/mol. The van der Waals surface area contributed by atoms with Gasteiger partial charge in [0.05, 0.1) is 20.1 Å². The first kappa shape index (κ1) is 14.7. The van der Waals surface area contributed by atoms with E-state index >= 15 is 0 Å². The SMILES string of the molecule is COc1cc(Br)c(C(CN)C(=O)O)c(F)c1OC. The fraction of sp³-hybridized carbons (Fsp3) is 0.364. The Labute approximate surface area is 112 Å². The summed E-state index contributed by atoms with van der Waals surface area (Å²) in [5.41, 5.74) is 5.31. The van der Waals surface area contributed by atoms with Gasteiger partial charge in [0, 0.05) is 16.6 Å². The van der Waals surface area contributed by atoms with E-state index in [1.165, 1.54) is 20.3 Å². The number of hydrogen-bond acceptors (Lipinski definition) is 4. The van der Waals surface area contributed by atoms with Crippen molar-refractivity contribution in [3.63, 3.8) is 0 Å². The van der Waals surface area contributed by atoms with Crippen molar-refractivity contribution in [3.05, 3.63) is 21.9 Å². The maximum Gasteiger partial charge on any atom is 0.312 e. The number of carbonyl (C=O) groups is 1. The topological polar surface area (TPSA) is 81.8 Å². The van der Waals surface area contributed by atoms with Crippen molar-refractivity contribution in [1.82, 2.24) is 0 Å². The van der Waals surface area contributed by atoms with Gasteiger partial charge < -0.3 is 20.3 Å². The molecular formula is C11H13BrFNO4. The molecule has 5 nitrogen and oxygen atoms in total. The Morgan fingerprint density at radius 1 is 1.56 bits per heavy atom. The molecule has 1 unspecified atom stereocenters. The van der Waals surface area contributed by atoms with Crippen LogP contribution in [0.4, 0.5) is 4.39 Å². The van der Waals surface area contributed by atoms with E-state index < -0.39 is 17.7 Å². The van der Waals surface area contributed by atoms with Crippen molar-refractivity contribution in [2.24, 2.45) is 5.73 Å². The standard InChI is InChI=1S/C11H13BrFNO4/c1-17-7-3-6(12)8(5(4-14)11(15)16)9(13)10(7)18-2/h3,5H,4,14H2,1-2H3,(H,15,16). The maximum absolute atomic E-state index is 14.2. The highest BCUT2D eigenvalue weighted by molar-refractivity contribution is 9.10. The van der Waals surface area contributed by atoms with Crippen LogP contribution in [0, 0.1) is 5.82 Å². The third-order valence-electron chi connectivity index (χ3n) is 2.48. The van der Waals surface area contributed by atoms with Crippen molar-refractivity contribution < 1.29 is 23.8 Å². The second-order valence-electron chi connectivity index (χ2n) is 3.45. The van der Waals surface area contributed by atoms with Crippen LogP contribution in [0.15, 0.2) is 10.5 Å². The lowest BCUT2D eigenvalue weighted by atomic mass is 9.98. The Kier molecular flexibility index (Phi) is 4.92. The summed E-state index contributed by atoms with van der Waals surface area (Å²) in [7, 11) is 2.64. The Bertz CT molecular complexity index is 467. The summed E-state index contributed by atoms with van der Waals surface area (Å²) in [6.45, 7) is -0.222.